The highest BCUT2D eigenvalue weighted by molar-refractivity contribution is 8.29. The van der Waals surface area contributed by atoms with E-state index in [1.165, 1.54) is 34.9 Å². The number of rotatable bonds is 5. The van der Waals surface area contributed by atoms with Crippen LogP contribution in [0.4, 0.5) is 11.4 Å². The van der Waals surface area contributed by atoms with Crippen LogP contribution >= 0.6 is 46.5 Å². The van der Waals surface area contributed by atoms with Gasteiger partial charge in [0.25, 0.3) is 5.91 Å². The quantitative estimate of drug-likeness (QED) is 0.186. The molecule has 37 heavy (non-hydrogen) atoms. The van der Waals surface area contributed by atoms with Gasteiger partial charge in [-0.15, -0.1) is 11.3 Å². The van der Waals surface area contributed by atoms with Crippen molar-refractivity contribution in [1.82, 2.24) is 0 Å². The Labute approximate surface area is 231 Å². The Bertz CT molecular complexity index is 1520. The lowest BCUT2D eigenvalue weighted by Gasteiger charge is -2.38. The summed E-state index contributed by atoms with van der Waals surface area (Å²) in [4.78, 5) is 30.4. The second kappa shape index (κ2) is 9.87. The molecule has 2 aliphatic rings. The Kier molecular flexibility index (Phi) is 6.42. The summed E-state index contributed by atoms with van der Waals surface area (Å²) in [6.07, 6.45) is 1.89. The number of hydrazone groups is 1. The first kappa shape index (κ1) is 24.1. The second-order valence-corrected chi connectivity index (χ2v) is 12.2. The molecule has 0 aliphatic carbocycles. The van der Waals surface area contributed by atoms with Crippen molar-refractivity contribution in [2.45, 2.75) is 4.33 Å². The average molecular weight is 560 g/mol. The number of halogens is 1. The number of para-hydroxylation sites is 1. The molecular weight excluding hydrogens is 542 g/mol. The summed E-state index contributed by atoms with van der Waals surface area (Å²) in [5.74, 6) is -0.330. The first-order valence-corrected chi connectivity index (χ1v) is 14.2. The van der Waals surface area contributed by atoms with Crippen molar-refractivity contribution in [3.8, 4) is 0 Å². The minimum atomic E-state index is -1.09. The van der Waals surface area contributed by atoms with Gasteiger partial charge in [-0.2, -0.15) is 5.10 Å². The number of hydrogen-bond donors (Lipinski definition) is 0. The van der Waals surface area contributed by atoms with Gasteiger partial charge in [0.15, 0.2) is 5.04 Å². The Morgan fingerprint density at radius 2 is 1.54 bits per heavy atom. The molecule has 4 aromatic rings. The normalized spacial score (nSPS) is 20.2. The first-order valence-electron chi connectivity index (χ1n) is 11.3. The summed E-state index contributed by atoms with van der Waals surface area (Å²) in [5, 5.41) is 9.35. The van der Waals surface area contributed by atoms with Crippen LogP contribution in [0.25, 0.3) is 6.08 Å². The highest BCUT2D eigenvalue weighted by Crippen LogP contribution is 2.59. The van der Waals surface area contributed by atoms with E-state index in [2.05, 4.69) is 0 Å². The van der Waals surface area contributed by atoms with Crippen LogP contribution < -0.4 is 9.91 Å². The van der Waals surface area contributed by atoms with Gasteiger partial charge in [0.2, 0.25) is 10.1 Å². The largest absolute Gasteiger partial charge is 0.285 e. The number of carbonyl (C=O) groups is 2. The number of hydrogen-bond acceptors (Lipinski definition) is 7. The third-order valence-electron chi connectivity index (χ3n) is 5.75. The van der Waals surface area contributed by atoms with Crippen LogP contribution in [0.2, 0.25) is 5.02 Å². The highest BCUT2D eigenvalue weighted by atomic mass is 35.5. The zero-order valence-electron chi connectivity index (χ0n) is 19.2. The molecule has 1 fully saturated rings. The molecule has 5 nitrogen and oxygen atoms in total. The Balaban J connectivity index is 1.52. The number of nitrogens with zero attached hydrogens (tertiary/aromatic N) is 3. The van der Waals surface area contributed by atoms with Gasteiger partial charge < -0.3 is 0 Å². The highest BCUT2D eigenvalue weighted by Gasteiger charge is 2.60. The van der Waals surface area contributed by atoms with Gasteiger partial charge >= 0.3 is 0 Å². The topological polar surface area (TPSA) is 53.0 Å². The SMILES string of the molecule is O=C(C1=NN(c2ccc(Cl)cc2)C2(S1)S/C(=C/c1ccccc1)C(=O)N2c1ccccc1)c1cccs1. The van der Waals surface area contributed by atoms with Crippen molar-refractivity contribution in [3.63, 3.8) is 0 Å². The molecule has 1 amide bonds. The monoisotopic (exact) mass is 559 g/mol. The number of benzene rings is 3. The van der Waals surface area contributed by atoms with E-state index in [9.17, 15) is 9.59 Å². The molecular formula is C28H18ClN3O2S3. The van der Waals surface area contributed by atoms with Crippen LogP contribution in [0.15, 0.2) is 112 Å². The molecule has 0 saturated carbocycles. The molecule has 2 aliphatic heterocycles. The maximum Gasteiger partial charge on any atom is 0.268 e. The van der Waals surface area contributed by atoms with Gasteiger partial charge in [0.05, 0.1) is 15.5 Å². The summed E-state index contributed by atoms with van der Waals surface area (Å²) in [6.45, 7) is 0. The van der Waals surface area contributed by atoms with Crippen molar-refractivity contribution in [3.05, 3.63) is 123 Å². The number of thiophene rings is 1. The first-order chi connectivity index (χ1) is 18.0. The van der Waals surface area contributed by atoms with Gasteiger partial charge in [-0.05, 0) is 71.2 Å². The lowest BCUT2D eigenvalue weighted by Crippen LogP contribution is -2.51. The van der Waals surface area contributed by atoms with Gasteiger partial charge in [-0.3, -0.25) is 14.5 Å². The van der Waals surface area contributed by atoms with E-state index < -0.39 is 4.33 Å². The van der Waals surface area contributed by atoms with E-state index in [4.69, 9.17) is 16.7 Å². The van der Waals surface area contributed by atoms with E-state index in [0.717, 1.165) is 5.56 Å². The molecule has 0 radical (unpaired) electrons. The molecule has 6 rings (SSSR count). The summed E-state index contributed by atoms with van der Waals surface area (Å²) >= 11 is 10.2. The van der Waals surface area contributed by atoms with Gasteiger partial charge in [0, 0.05) is 10.7 Å². The molecule has 1 unspecified atom stereocenters. The molecule has 0 N–H and O–H groups in total. The van der Waals surface area contributed by atoms with E-state index in [-0.39, 0.29) is 11.7 Å². The van der Waals surface area contributed by atoms with E-state index in [1.807, 2.05) is 90.3 Å². The molecule has 3 aromatic carbocycles. The van der Waals surface area contributed by atoms with E-state index in [1.54, 1.807) is 28.1 Å². The molecule has 182 valence electrons. The van der Waals surface area contributed by atoms with Crippen molar-refractivity contribution in [1.29, 1.82) is 0 Å². The zero-order valence-corrected chi connectivity index (χ0v) is 22.4. The van der Waals surface area contributed by atoms with Crippen LogP contribution in [0.1, 0.15) is 15.2 Å². The third kappa shape index (κ3) is 4.40. The van der Waals surface area contributed by atoms with Crippen molar-refractivity contribution in [2.24, 2.45) is 5.10 Å². The van der Waals surface area contributed by atoms with Gasteiger partial charge in [0.1, 0.15) is 0 Å². The Morgan fingerprint density at radius 1 is 0.838 bits per heavy atom. The number of Topliss-reactive ketones (excluding diaryl/α,β-unsaturated/α-hetero) is 1. The maximum absolute atomic E-state index is 14.0. The number of anilines is 2. The summed E-state index contributed by atoms with van der Waals surface area (Å²) in [7, 11) is 0. The second-order valence-electron chi connectivity index (χ2n) is 8.15. The van der Waals surface area contributed by atoms with Crippen LogP contribution in [-0.2, 0) is 4.79 Å². The summed E-state index contributed by atoms with van der Waals surface area (Å²) in [5.41, 5.74) is 2.34. The smallest absolute Gasteiger partial charge is 0.268 e. The lowest BCUT2D eigenvalue weighted by atomic mass is 10.2. The standard InChI is InChI=1S/C28H18ClN3O2S3/c29-20-13-15-22(16-14-20)32-28(37-26(30-32)25(33)23-12-7-17-35-23)31(21-10-5-2-6-11-21)27(34)24(36-28)18-19-8-3-1-4-9-19/h1-18H/b24-18+. The molecule has 9 heteroatoms. The molecule has 0 bridgehead atoms. The lowest BCUT2D eigenvalue weighted by molar-refractivity contribution is -0.114. The van der Waals surface area contributed by atoms with Crippen molar-refractivity contribution in [2.75, 3.05) is 9.91 Å². The van der Waals surface area contributed by atoms with Crippen molar-refractivity contribution >= 4 is 80.6 Å². The minimum Gasteiger partial charge on any atom is -0.285 e. The average Bonchev–Trinajstić information content (AvgIpc) is 3.65. The fourth-order valence-electron chi connectivity index (χ4n) is 4.08. The van der Waals surface area contributed by atoms with Crippen LogP contribution in [0.3, 0.4) is 0 Å². The minimum absolute atomic E-state index is 0.161. The Morgan fingerprint density at radius 3 is 2.22 bits per heavy atom. The Hall–Kier alpha value is -3.30. The molecule has 1 atom stereocenters. The maximum atomic E-state index is 14.0. The predicted octanol–water partition coefficient (Wildman–Crippen LogP) is 7.58. The number of amides is 1. The third-order valence-corrected chi connectivity index (χ3v) is 9.59. The summed E-state index contributed by atoms with van der Waals surface area (Å²) < 4.78 is -1.09. The molecule has 3 heterocycles. The van der Waals surface area contributed by atoms with Crippen molar-refractivity contribution < 1.29 is 9.59 Å². The van der Waals surface area contributed by atoms with Gasteiger partial charge in [-0.25, -0.2) is 5.01 Å². The van der Waals surface area contributed by atoms with E-state index >= 15 is 0 Å². The number of carbonyl (C=O) groups excluding carboxylic acids is 2. The van der Waals surface area contributed by atoms with E-state index in [0.29, 0.717) is 31.2 Å². The fraction of sp³-hybridized carbons (Fsp3) is 0.0357. The van der Waals surface area contributed by atoms with Crippen LogP contribution in [-0.4, -0.2) is 21.1 Å². The molecule has 1 saturated heterocycles. The molecule has 1 aromatic heterocycles. The van der Waals surface area contributed by atoms with Gasteiger partial charge in [-0.1, -0.05) is 78.0 Å². The van der Waals surface area contributed by atoms with Crippen LogP contribution in [0.5, 0.6) is 0 Å². The predicted molar refractivity (Wildman–Crippen MR) is 156 cm³/mol. The van der Waals surface area contributed by atoms with Crippen LogP contribution in [0, 0.1) is 0 Å². The number of ketones is 1. The molecule has 1 spiro atoms. The zero-order chi connectivity index (χ0) is 25.4. The fourth-order valence-corrected chi connectivity index (χ4v) is 7.87. The summed E-state index contributed by atoms with van der Waals surface area (Å²) in [6, 6.07) is 30.1. The number of thioether (sulfide) groups is 2.